The molecule has 1 fully saturated rings. The van der Waals surface area contributed by atoms with Gasteiger partial charge in [-0.1, -0.05) is 16.5 Å². The van der Waals surface area contributed by atoms with E-state index >= 15 is 0 Å². The van der Waals surface area contributed by atoms with Gasteiger partial charge in [0, 0.05) is 12.0 Å². The number of carbonyl (C=O) groups excluding carboxylic acids is 1. The van der Waals surface area contributed by atoms with Crippen LogP contribution < -0.4 is 26.6 Å². The van der Waals surface area contributed by atoms with Gasteiger partial charge in [0.05, 0.1) is 40.7 Å². The molecule has 0 aliphatic carbocycles. The molecule has 3 rings (SSSR count). The Hall–Kier alpha value is -2.79. The first-order valence-corrected chi connectivity index (χ1v) is 11.0. The highest BCUT2D eigenvalue weighted by molar-refractivity contribution is 6.65. The molecule has 0 spiro atoms. The smallest absolute Gasteiger partial charge is 0.266 e. The standard InChI is InChI=1S/C23H15B8N3O2/c1-21(2,36-13-5-4-11(9-32)8-12(13)10-33)20(35)34-7-3-6-22(34,28)14-16(24)18(26)15(23(29,30)31)19(27)17(14)25/h4-5,8H,3,6-7H2,1-2H3/t22-/m0/s1. The first kappa shape index (κ1) is 27.8. The number of hydrogen-bond donors (Lipinski definition) is 0. The molecule has 16 radical (unpaired) electrons. The van der Waals surface area contributed by atoms with Gasteiger partial charge >= 0.3 is 0 Å². The van der Waals surface area contributed by atoms with E-state index in [0.717, 1.165) is 0 Å². The van der Waals surface area contributed by atoms with Crippen LogP contribution >= 0.6 is 0 Å². The summed E-state index contributed by atoms with van der Waals surface area (Å²) in [4.78, 5) is 15.2. The summed E-state index contributed by atoms with van der Waals surface area (Å²) in [6, 6.07) is 8.25. The van der Waals surface area contributed by atoms with Gasteiger partial charge in [0.1, 0.15) is 51.1 Å². The number of nitrogens with zero attached hydrogens (tertiary/aromatic N) is 3. The van der Waals surface area contributed by atoms with Crippen LogP contribution in [0.4, 0.5) is 0 Å². The number of carbonyl (C=O) groups is 1. The van der Waals surface area contributed by atoms with Crippen LogP contribution in [0.5, 0.6) is 5.75 Å². The minimum absolute atomic E-state index is 0.0331. The number of benzene rings is 2. The van der Waals surface area contributed by atoms with Crippen molar-refractivity contribution in [2.45, 2.75) is 42.8 Å². The molecular formula is C23H15B8N3O2. The van der Waals surface area contributed by atoms with E-state index in [2.05, 4.69) is 0 Å². The summed E-state index contributed by atoms with van der Waals surface area (Å²) < 4.78 is 5.96. The monoisotopic (exact) mass is 453 g/mol. The van der Waals surface area contributed by atoms with Crippen LogP contribution in [0.1, 0.15) is 48.9 Å². The molecule has 0 N–H and O–H groups in total. The molecule has 1 aliphatic rings. The molecule has 1 heterocycles. The Kier molecular flexibility index (Phi) is 7.40. The lowest BCUT2D eigenvalue weighted by atomic mass is 9.36. The molecule has 0 aromatic heterocycles. The van der Waals surface area contributed by atoms with Gasteiger partial charge in [0.2, 0.25) is 0 Å². The summed E-state index contributed by atoms with van der Waals surface area (Å²) in [5.41, 5.74) is -2.70. The summed E-state index contributed by atoms with van der Waals surface area (Å²) >= 11 is 0. The molecule has 5 nitrogen and oxygen atoms in total. The first-order valence-electron chi connectivity index (χ1n) is 11.0. The third-order valence-corrected chi connectivity index (χ3v) is 6.30. The molecule has 2 aromatic rings. The van der Waals surface area contributed by atoms with E-state index in [1.54, 1.807) is 0 Å². The Morgan fingerprint density at radius 1 is 1.03 bits per heavy atom. The molecule has 1 saturated heterocycles. The van der Waals surface area contributed by atoms with E-state index < -0.39 is 22.1 Å². The Morgan fingerprint density at radius 2 is 1.61 bits per heavy atom. The van der Waals surface area contributed by atoms with Gasteiger partial charge in [-0.05, 0) is 50.5 Å². The van der Waals surface area contributed by atoms with Gasteiger partial charge in [0.15, 0.2) is 5.60 Å². The minimum Gasteiger partial charge on any atom is -0.477 e. The maximum atomic E-state index is 13.8. The van der Waals surface area contributed by atoms with E-state index in [4.69, 9.17) is 72.8 Å². The molecule has 1 atom stereocenters. The molecule has 2 aromatic carbocycles. The van der Waals surface area contributed by atoms with Gasteiger partial charge < -0.3 is 9.64 Å². The normalized spacial score (nSPS) is 17.8. The van der Waals surface area contributed by atoms with Crippen molar-refractivity contribution in [3.63, 3.8) is 0 Å². The van der Waals surface area contributed by atoms with Crippen molar-refractivity contribution in [3.8, 4) is 17.9 Å². The zero-order valence-corrected chi connectivity index (χ0v) is 20.1. The van der Waals surface area contributed by atoms with E-state index in [1.165, 1.54) is 36.9 Å². The second kappa shape index (κ2) is 9.59. The highest BCUT2D eigenvalue weighted by atomic mass is 16.5. The van der Waals surface area contributed by atoms with Crippen LogP contribution in [0.15, 0.2) is 18.2 Å². The van der Waals surface area contributed by atoms with Crippen molar-refractivity contribution in [1.29, 1.82) is 10.5 Å². The summed E-state index contributed by atoms with van der Waals surface area (Å²) in [6.07, 6.45) is 0.814. The number of amides is 1. The third-order valence-electron chi connectivity index (χ3n) is 6.30. The summed E-state index contributed by atoms with van der Waals surface area (Å²) in [5.74, 6) is -0.361. The summed E-state index contributed by atoms with van der Waals surface area (Å²) in [7, 11) is 49.3. The molecule has 1 amide bonds. The molecular weight excluding hydrogens is 437 g/mol. The SMILES string of the molecule is [B]c1c([B])c([C@]2([B])CCCN2C(=O)C(C)(C)Oc2ccc(C#N)cc2C#N)c([B])c([B])c1C([B])([B])[B]. The van der Waals surface area contributed by atoms with E-state index in [0.29, 0.717) is 12.8 Å². The fourth-order valence-electron chi connectivity index (χ4n) is 4.57. The number of nitriles is 2. The lowest BCUT2D eigenvalue weighted by Crippen LogP contribution is -2.61. The van der Waals surface area contributed by atoms with E-state index in [-0.39, 0.29) is 56.4 Å². The fraction of sp³-hybridized carbons (Fsp3) is 0.348. The zero-order valence-electron chi connectivity index (χ0n) is 20.1. The van der Waals surface area contributed by atoms with E-state index in [1.807, 2.05) is 12.1 Å². The van der Waals surface area contributed by atoms with Crippen molar-refractivity contribution in [1.82, 2.24) is 4.90 Å². The third kappa shape index (κ3) is 4.66. The largest absolute Gasteiger partial charge is 0.477 e. The van der Waals surface area contributed by atoms with Crippen LogP contribution in [0, 0.1) is 22.7 Å². The number of hydrogen-bond acceptors (Lipinski definition) is 4. The number of ether oxygens (including phenoxy) is 1. The van der Waals surface area contributed by atoms with Crippen LogP contribution in [0.3, 0.4) is 0 Å². The van der Waals surface area contributed by atoms with E-state index in [9.17, 15) is 10.1 Å². The predicted molar refractivity (Wildman–Crippen MR) is 146 cm³/mol. The maximum absolute atomic E-state index is 13.8. The minimum atomic E-state index is -1.92. The van der Waals surface area contributed by atoms with Crippen molar-refractivity contribution in [3.05, 3.63) is 40.5 Å². The van der Waals surface area contributed by atoms with Gasteiger partial charge in [-0.3, -0.25) is 4.79 Å². The van der Waals surface area contributed by atoms with Gasteiger partial charge in [-0.2, -0.15) is 10.5 Å². The maximum Gasteiger partial charge on any atom is 0.266 e. The molecule has 0 unspecified atom stereocenters. The molecule has 36 heavy (non-hydrogen) atoms. The Morgan fingerprint density at radius 3 is 2.11 bits per heavy atom. The second-order valence-electron chi connectivity index (χ2n) is 9.37. The van der Waals surface area contributed by atoms with Crippen molar-refractivity contribution >= 4 is 90.5 Å². The summed E-state index contributed by atoms with van der Waals surface area (Å²) in [5, 5.41) is 16.6. The zero-order chi connectivity index (χ0) is 27.2. The molecule has 1 aliphatic heterocycles. The van der Waals surface area contributed by atoms with Crippen LogP contribution in [-0.4, -0.2) is 85.7 Å². The highest BCUT2D eigenvalue weighted by Gasteiger charge is 2.47. The topological polar surface area (TPSA) is 77.1 Å². The quantitative estimate of drug-likeness (QED) is 0.455. The van der Waals surface area contributed by atoms with Crippen LogP contribution in [-0.2, 0) is 15.3 Å². The molecule has 158 valence electrons. The molecule has 13 heteroatoms. The predicted octanol–water partition coefficient (Wildman–Crippen LogP) is -2.98. The Bertz CT molecular complexity index is 1300. The molecule has 0 bridgehead atoms. The van der Waals surface area contributed by atoms with Crippen molar-refractivity contribution < 1.29 is 9.53 Å². The van der Waals surface area contributed by atoms with Crippen LogP contribution in [0.25, 0.3) is 0 Å². The summed E-state index contributed by atoms with van der Waals surface area (Å²) in [6.45, 7) is 3.34. The Labute approximate surface area is 223 Å². The van der Waals surface area contributed by atoms with Crippen molar-refractivity contribution in [2.24, 2.45) is 0 Å². The fourth-order valence-corrected chi connectivity index (χ4v) is 4.57. The second-order valence-corrected chi connectivity index (χ2v) is 9.37. The van der Waals surface area contributed by atoms with Gasteiger partial charge in [-0.25, -0.2) is 0 Å². The average molecular weight is 452 g/mol. The molecule has 0 saturated carbocycles. The first-order chi connectivity index (χ1) is 16.6. The Balaban J connectivity index is 2.07. The average Bonchev–Trinajstić information content (AvgIpc) is 3.18. The van der Waals surface area contributed by atoms with Gasteiger partial charge in [0.25, 0.3) is 5.91 Å². The van der Waals surface area contributed by atoms with Gasteiger partial charge in [-0.15, -0.1) is 16.0 Å². The lowest BCUT2D eigenvalue weighted by Gasteiger charge is -2.44. The van der Waals surface area contributed by atoms with Crippen LogP contribution in [0.2, 0.25) is 0 Å². The highest BCUT2D eigenvalue weighted by Crippen LogP contribution is 2.37. The van der Waals surface area contributed by atoms with Crippen molar-refractivity contribution in [2.75, 3.05) is 6.54 Å². The lowest BCUT2D eigenvalue weighted by molar-refractivity contribution is -0.147. The number of rotatable bonds is 5. The number of likely N-dealkylation sites (tertiary alicyclic amines) is 1.